The highest BCUT2D eigenvalue weighted by Crippen LogP contribution is 2.37. The smallest absolute Gasteiger partial charge is 0.230 e. The fourth-order valence-electron chi connectivity index (χ4n) is 3.38. The number of carbonyl (C=O) groups excluding carboxylic acids is 1. The van der Waals surface area contributed by atoms with E-state index in [0.29, 0.717) is 5.91 Å². The Labute approximate surface area is 115 Å². The van der Waals surface area contributed by atoms with Crippen molar-refractivity contribution in [2.45, 2.75) is 32.2 Å². The molecule has 3 heteroatoms. The first kappa shape index (κ1) is 12.7. The SMILES string of the molecule is CC1(C(=O)N2CCCC2c2ccccc2)CCNC1. The molecule has 2 saturated heterocycles. The molecule has 0 bridgehead atoms. The largest absolute Gasteiger partial charge is 0.335 e. The minimum absolute atomic E-state index is 0.197. The van der Waals surface area contributed by atoms with Crippen LogP contribution in [0.5, 0.6) is 0 Å². The lowest BCUT2D eigenvalue weighted by molar-refractivity contribution is -0.141. The van der Waals surface area contributed by atoms with Gasteiger partial charge < -0.3 is 10.2 Å². The molecule has 3 rings (SSSR count). The van der Waals surface area contributed by atoms with Crippen LogP contribution < -0.4 is 5.32 Å². The molecular weight excluding hydrogens is 236 g/mol. The zero-order valence-corrected chi connectivity index (χ0v) is 11.6. The number of amides is 1. The number of hydrogen-bond donors (Lipinski definition) is 1. The van der Waals surface area contributed by atoms with Crippen LogP contribution in [0.1, 0.15) is 37.8 Å². The van der Waals surface area contributed by atoms with Crippen LogP contribution in [0.15, 0.2) is 30.3 Å². The quantitative estimate of drug-likeness (QED) is 0.883. The fraction of sp³-hybridized carbons (Fsp3) is 0.562. The van der Waals surface area contributed by atoms with Gasteiger partial charge in [0.05, 0.1) is 11.5 Å². The molecule has 1 amide bonds. The van der Waals surface area contributed by atoms with Crippen molar-refractivity contribution in [3.63, 3.8) is 0 Å². The standard InChI is InChI=1S/C16H22N2O/c1-16(9-10-17-12-16)15(19)18-11-5-8-14(18)13-6-3-2-4-7-13/h2-4,6-7,14,17H,5,8-12H2,1H3. The van der Waals surface area contributed by atoms with Crippen LogP contribution in [0.4, 0.5) is 0 Å². The number of carbonyl (C=O) groups is 1. The zero-order valence-electron chi connectivity index (χ0n) is 11.6. The van der Waals surface area contributed by atoms with Gasteiger partial charge in [-0.25, -0.2) is 0 Å². The number of hydrogen-bond acceptors (Lipinski definition) is 2. The fourth-order valence-corrected chi connectivity index (χ4v) is 3.38. The number of likely N-dealkylation sites (tertiary alicyclic amines) is 1. The van der Waals surface area contributed by atoms with Gasteiger partial charge in [0.1, 0.15) is 0 Å². The molecule has 1 N–H and O–H groups in total. The lowest BCUT2D eigenvalue weighted by Gasteiger charge is -2.32. The molecule has 0 spiro atoms. The number of rotatable bonds is 2. The van der Waals surface area contributed by atoms with Gasteiger partial charge in [0, 0.05) is 13.1 Å². The molecule has 2 heterocycles. The summed E-state index contributed by atoms with van der Waals surface area (Å²) >= 11 is 0. The Morgan fingerprint density at radius 3 is 2.84 bits per heavy atom. The van der Waals surface area contributed by atoms with Gasteiger partial charge >= 0.3 is 0 Å². The van der Waals surface area contributed by atoms with Crippen molar-refractivity contribution in [1.29, 1.82) is 0 Å². The molecule has 1 aromatic carbocycles. The van der Waals surface area contributed by atoms with Crippen LogP contribution in [0.3, 0.4) is 0 Å². The third-order valence-electron chi connectivity index (χ3n) is 4.58. The van der Waals surface area contributed by atoms with Crippen molar-refractivity contribution in [3.8, 4) is 0 Å². The topological polar surface area (TPSA) is 32.3 Å². The van der Waals surface area contributed by atoms with Gasteiger partial charge in [0.25, 0.3) is 0 Å². The normalized spacial score (nSPS) is 30.8. The summed E-state index contributed by atoms with van der Waals surface area (Å²) in [5.41, 5.74) is 1.08. The highest BCUT2D eigenvalue weighted by Gasteiger charge is 2.42. The van der Waals surface area contributed by atoms with Crippen molar-refractivity contribution in [3.05, 3.63) is 35.9 Å². The summed E-state index contributed by atoms with van der Waals surface area (Å²) in [6, 6.07) is 10.7. The Balaban J connectivity index is 1.82. The van der Waals surface area contributed by atoms with Crippen molar-refractivity contribution in [2.75, 3.05) is 19.6 Å². The Kier molecular flexibility index (Phi) is 3.31. The van der Waals surface area contributed by atoms with Crippen molar-refractivity contribution in [2.24, 2.45) is 5.41 Å². The highest BCUT2D eigenvalue weighted by molar-refractivity contribution is 5.83. The highest BCUT2D eigenvalue weighted by atomic mass is 16.2. The van der Waals surface area contributed by atoms with Gasteiger partial charge in [-0.2, -0.15) is 0 Å². The molecule has 0 aromatic heterocycles. The molecule has 2 atom stereocenters. The van der Waals surface area contributed by atoms with E-state index in [1.807, 2.05) is 6.07 Å². The van der Waals surface area contributed by atoms with Crippen LogP contribution >= 0.6 is 0 Å². The summed E-state index contributed by atoms with van der Waals surface area (Å²) in [6.07, 6.45) is 3.18. The summed E-state index contributed by atoms with van der Waals surface area (Å²) in [5, 5.41) is 3.32. The van der Waals surface area contributed by atoms with E-state index >= 15 is 0 Å². The maximum Gasteiger partial charge on any atom is 0.230 e. The Bertz CT molecular complexity index is 451. The van der Waals surface area contributed by atoms with E-state index in [1.165, 1.54) is 5.56 Å². The third kappa shape index (κ3) is 2.27. The van der Waals surface area contributed by atoms with Crippen molar-refractivity contribution in [1.82, 2.24) is 10.2 Å². The number of nitrogens with zero attached hydrogens (tertiary/aromatic N) is 1. The predicted molar refractivity (Wildman–Crippen MR) is 75.7 cm³/mol. The maximum absolute atomic E-state index is 12.8. The van der Waals surface area contributed by atoms with E-state index in [1.54, 1.807) is 0 Å². The van der Waals surface area contributed by atoms with Crippen LogP contribution in [-0.2, 0) is 4.79 Å². The molecule has 2 unspecified atom stereocenters. The van der Waals surface area contributed by atoms with E-state index in [-0.39, 0.29) is 11.5 Å². The molecule has 3 nitrogen and oxygen atoms in total. The molecule has 1 aromatic rings. The van der Waals surface area contributed by atoms with Crippen LogP contribution in [0.25, 0.3) is 0 Å². The Morgan fingerprint density at radius 1 is 1.37 bits per heavy atom. The van der Waals surface area contributed by atoms with Crippen LogP contribution in [0, 0.1) is 5.41 Å². The Hall–Kier alpha value is -1.35. The van der Waals surface area contributed by atoms with Crippen molar-refractivity contribution < 1.29 is 4.79 Å². The molecule has 2 aliphatic rings. The van der Waals surface area contributed by atoms with Gasteiger partial charge in [-0.05, 0) is 38.3 Å². The third-order valence-corrected chi connectivity index (χ3v) is 4.58. The minimum atomic E-state index is -0.197. The van der Waals surface area contributed by atoms with Crippen LogP contribution in [0.2, 0.25) is 0 Å². The minimum Gasteiger partial charge on any atom is -0.335 e. The molecule has 2 aliphatic heterocycles. The Morgan fingerprint density at radius 2 is 2.16 bits per heavy atom. The lowest BCUT2D eigenvalue weighted by atomic mass is 9.87. The van der Waals surface area contributed by atoms with E-state index in [2.05, 4.69) is 41.4 Å². The zero-order chi connectivity index (χ0) is 13.3. The number of benzene rings is 1. The van der Waals surface area contributed by atoms with E-state index in [0.717, 1.165) is 38.9 Å². The van der Waals surface area contributed by atoms with E-state index < -0.39 is 0 Å². The van der Waals surface area contributed by atoms with E-state index in [4.69, 9.17) is 0 Å². The second-order valence-corrected chi connectivity index (χ2v) is 6.05. The maximum atomic E-state index is 12.8. The summed E-state index contributed by atoms with van der Waals surface area (Å²) in [4.78, 5) is 15.0. The average molecular weight is 258 g/mol. The summed E-state index contributed by atoms with van der Waals surface area (Å²) in [5.74, 6) is 0.337. The second-order valence-electron chi connectivity index (χ2n) is 6.05. The molecule has 0 aliphatic carbocycles. The molecule has 102 valence electrons. The molecule has 19 heavy (non-hydrogen) atoms. The molecular formula is C16H22N2O. The van der Waals surface area contributed by atoms with Gasteiger partial charge in [-0.1, -0.05) is 30.3 Å². The van der Waals surface area contributed by atoms with Crippen LogP contribution in [-0.4, -0.2) is 30.4 Å². The first-order valence-corrected chi connectivity index (χ1v) is 7.27. The first-order valence-electron chi connectivity index (χ1n) is 7.27. The monoisotopic (exact) mass is 258 g/mol. The van der Waals surface area contributed by atoms with E-state index in [9.17, 15) is 4.79 Å². The number of nitrogens with one attached hydrogen (secondary N) is 1. The van der Waals surface area contributed by atoms with Gasteiger partial charge in [-0.3, -0.25) is 4.79 Å². The lowest BCUT2D eigenvalue weighted by Crippen LogP contribution is -2.43. The van der Waals surface area contributed by atoms with Gasteiger partial charge in [0.2, 0.25) is 5.91 Å². The first-order chi connectivity index (χ1) is 9.21. The average Bonchev–Trinajstić information content (AvgIpc) is 3.08. The molecule has 0 saturated carbocycles. The van der Waals surface area contributed by atoms with Gasteiger partial charge in [0.15, 0.2) is 0 Å². The molecule has 2 fully saturated rings. The van der Waals surface area contributed by atoms with Gasteiger partial charge in [-0.15, -0.1) is 0 Å². The summed E-state index contributed by atoms with van der Waals surface area (Å²) < 4.78 is 0. The summed E-state index contributed by atoms with van der Waals surface area (Å²) in [7, 11) is 0. The van der Waals surface area contributed by atoms with Crippen molar-refractivity contribution >= 4 is 5.91 Å². The predicted octanol–water partition coefficient (Wildman–Crippen LogP) is 2.35. The molecule has 0 radical (unpaired) electrons. The second kappa shape index (κ2) is 4.97. The summed E-state index contributed by atoms with van der Waals surface area (Å²) in [6.45, 7) is 4.81.